The quantitative estimate of drug-likeness (QED) is 0.452. The predicted molar refractivity (Wildman–Crippen MR) is 123 cm³/mol. The van der Waals surface area contributed by atoms with Gasteiger partial charge in [0.15, 0.2) is 5.75 Å². The van der Waals surface area contributed by atoms with Crippen LogP contribution in [-0.2, 0) is 6.42 Å². The van der Waals surface area contributed by atoms with Crippen molar-refractivity contribution in [1.29, 1.82) is 0 Å². The van der Waals surface area contributed by atoms with Gasteiger partial charge in [-0.1, -0.05) is 43.1 Å². The normalized spacial score (nSPS) is 19.4. The topological polar surface area (TPSA) is 45.2 Å². The van der Waals surface area contributed by atoms with Gasteiger partial charge in [0.25, 0.3) is 0 Å². The number of nitrogens with one attached hydrogen (secondary N) is 1. The van der Waals surface area contributed by atoms with Crippen molar-refractivity contribution in [2.45, 2.75) is 52.0 Å². The van der Waals surface area contributed by atoms with Crippen molar-refractivity contribution in [1.82, 2.24) is 4.98 Å². The molecule has 1 aliphatic rings. The molecule has 3 nitrogen and oxygen atoms in total. The minimum absolute atomic E-state index is 0.0818. The molecule has 1 fully saturated rings. The molecular weight excluding hydrogens is 403 g/mol. The Morgan fingerprint density at radius 3 is 2.38 bits per heavy atom. The zero-order valence-corrected chi connectivity index (χ0v) is 18.3. The molecule has 1 saturated carbocycles. The molecule has 0 atom stereocenters. The Bertz CT molecular complexity index is 1020. The molecular formula is C24H26Cl2N2O. The number of aromatic nitrogens is 1. The molecule has 0 saturated heterocycles. The summed E-state index contributed by atoms with van der Waals surface area (Å²) in [6, 6.07) is 10.2. The van der Waals surface area contributed by atoms with Crippen molar-refractivity contribution in [3.05, 3.63) is 52.1 Å². The van der Waals surface area contributed by atoms with Crippen LogP contribution in [0.3, 0.4) is 0 Å². The molecule has 5 heteroatoms. The molecule has 1 aliphatic carbocycles. The van der Waals surface area contributed by atoms with Crippen LogP contribution in [0, 0.1) is 5.92 Å². The van der Waals surface area contributed by atoms with Crippen molar-refractivity contribution in [3.63, 3.8) is 0 Å². The first kappa shape index (κ1) is 20.3. The van der Waals surface area contributed by atoms with Crippen LogP contribution in [0.15, 0.2) is 36.5 Å². The molecule has 0 unspecified atom stereocenters. The van der Waals surface area contributed by atoms with Crippen molar-refractivity contribution in [2.24, 2.45) is 5.92 Å². The first-order valence-corrected chi connectivity index (χ1v) is 11.1. The van der Waals surface area contributed by atoms with Crippen molar-refractivity contribution < 1.29 is 5.11 Å². The predicted octanol–water partition coefficient (Wildman–Crippen LogP) is 7.47. The van der Waals surface area contributed by atoms with E-state index in [4.69, 9.17) is 23.2 Å². The summed E-state index contributed by atoms with van der Waals surface area (Å²) in [5.41, 5.74) is 5.26. The van der Waals surface area contributed by atoms with Crippen molar-refractivity contribution in [3.8, 4) is 16.9 Å². The smallest absolute Gasteiger partial charge is 0.152 e. The highest BCUT2D eigenvalue weighted by molar-refractivity contribution is 6.37. The standard InChI is InChI=1S/C24H26Cl2N2O/c1-3-15-13-27-22-9-6-16(17-11-20(25)24(29)21(26)12-17)10-19(22)23(15)28-18-7-4-14(2)5-8-18/h6,9-14,18,29H,3-5,7-8H2,1-2H3,(H,27,28). The van der Waals surface area contributed by atoms with Gasteiger partial charge in [0.05, 0.1) is 15.6 Å². The van der Waals surface area contributed by atoms with Gasteiger partial charge in [0, 0.05) is 23.3 Å². The molecule has 3 aromatic rings. The average Bonchev–Trinajstić information content (AvgIpc) is 2.73. The molecule has 2 aromatic carbocycles. The molecule has 0 spiro atoms. The minimum Gasteiger partial charge on any atom is -0.505 e. The van der Waals surface area contributed by atoms with Gasteiger partial charge in [-0.3, -0.25) is 4.98 Å². The third-order valence-electron chi connectivity index (χ3n) is 6.04. The van der Waals surface area contributed by atoms with Crippen LogP contribution in [0.2, 0.25) is 10.0 Å². The van der Waals surface area contributed by atoms with Gasteiger partial charge in [-0.25, -0.2) is 0 Å². The summed E-state index contributed by atoms with van der Waals surface area (Å²) in [5.74, 6) is 0.741. The highest BCUT2D eigenvalue weighted by Crippen LogP contribution is 2.38. The number of halogens is 2. The number of aryl methyl sites for hydroxylation is 1. The number of hydrogen-bond acceptors (Lipinski definition) is 3. The number of benzene rings is 2. The van der Waals surface area contributed by atoms with E-state index in [9.17, 15) is 5.11 Å². The molecule has 0 amide bonds. The zero-order valence-electron chi connectivity index (χ0n) is 16.8. The number of nitrogens with zero attached hydrogens (tertiary/aromatic N) is 1. The maximum atomic E-state index is 9.88. The van der Waals surface area contributed by atoms with E-state index >= 15 is 0 Å². The number of phenols is 1. The first-order chi connectivity index (χ1) is 14.0. The Morgan fingerprint density at radius 2 is 1.72 bits per heavy atom. The lowest BCUT2D eigenvalue weighted by atomic mass is 9.87. The molecule has 1 heterocycles. The van der Waals surface area contributed by atoms with E-state index in [-0.39, 0.29) is 15.8 Å². The maximum absolute atomic E-state index is 9.88. The molecule has 29 heavy (non-hydrogen) atoms. The number of phenolic OH excluding ortho intramolecular Hbond substituents is 1. The Labute approximate surface area is 182 Å². The van der Waals surface area contributed by atoms with E-state index in [1.807, 2.05) is 18.3 Å². The first-order valence-electron chi connectivity index (χ1n) is 10.3. The van der Waals surface area contributed by atoms with Gasteiger partial charge in [0.1, 0.15) is 0 Å². The Hall–Kier alpha value is -1.97. The monoisotopic (exact) mass is 428 g/mol. The number of aromatic hydroxyl groups is 1. The molecule has 0 aliphatic heterocycles. The summed E-state index contributed by atoms with van der Waals surface area (Å²) in [7, 11) is 0. The summed E-state index contributed by atoms with van der Waals surface area (Å²) in [4.78, 5) is 4.67. The Balaban J connectivity index is 1.78. The molecule has 2 N–H and O–H groups in total. The summed E-state index contributed by atoms with van der Waals surface area (Å²) in [6.45, 7) is 4.51. The van der Waals surface area contributed by atoms with Gasteiger partial charge in [-0.05, 0) is 79.0 Å². The summed E-state index contributed by atoms with van der Waals surface area (Å²) < 4.78 is 0. The second kappa shape index (κ2) is 8.41. The number of fused-ring (bicyclic) bond motifs is 1. The summed E-state index contributed by atoms with van der Waals surface area (Å²) >= 11 is 12.3. The van der Waals surface area contributed by atoms with Gasteiger partial charge in [-0.2, -0.15) is 0 Å². The second-order valence-corrected chi connectivity index (χ2v) is 8.95. The fraction of sp³-hybridized carbons (Fsp3) is 0.375. The number of hydrogen-bond donors (Lipinski definition) is 2. The lowest BCUT2D eigenvalue weighted by Gasteiger charge is -2.29. The van der Waals surface area contributed by atoms with Gasteiger partial charge in [-0.15, -0.1) is 0 Å². The molecule has 0 bridgehead atoms. The lowest BCUT2D eigenvalue weighted by Crippen LogP contribution is -2.25. The van der Waals surface area contributed by atoms with Crippen LogP contribution in [0.5, 0.6) is 5.75 Å². The van der Waals surface area contributed by atoms with Crippen LogP contribution >= 0.6 is 23.2 Å². The third-order valence-corrected chi connectivity index (χ3v) is 6.62. The van der Waals surface area contributed by atoms with Crippen LogP contribution in [0.25, 0.3) is 22.0 Å². The molecule has 4 rings (SSSR count). The summed E-state index contributed by atoms with van der Waals surface area (Å²) in [5, 5.41) is 15.3. The van der Waals surface area contributed by atoms with E-state index in [0.29, 0.717) is 6.04 Å². The fourth-order valence-electron chi connectivity index (χ4n) is 4.19. The van der Waals surface area contributed by atoms with Gasteiger partial charge >= 0.3 is 0 Å². The highest BCUT2D eigenvalue weighted by Gasteiger charge is 2.20. The van der Waals surface area contributed by atoms with Gasteiger partial charge < -0.3 is 10.4 Å². The Kier molecular flexibility index (Phi) is 5.89. The van der Waals surface area contributed by atoms with E-state index in [1.54, 1.807) is 12.1 Å². The molecule has 1 aromatic heterocycles. The fourth-order valence-corrected chi connectivity index (χ4v) is 4.68. The van der Waals surface area contributed by atoms with Crippen LogP contribution in [-0.4, -0.2) is 16.1 Å². The van der Waals surface area contributed by atoms with Crippen molar-refractivity contribution >= 4 is 39.8 Å². The third kappa shape index (κ3) is 4.17. The van der Waals surface area contributed by atoms with E-state index < -0.39 is 0 Å². The number of pyridine rings is 1. The maximum Gasteiger partial charge on any atom is 0.152 e. The minimum atomic E-state index is -0.0818. The van der Waals surface area contributed by atoms with Crippen LogP contribution in [0.4, 0.5) is 5.69 Å². The molecule has 0 radical (unpaired) electrons. The van der Waals surface area contributed by atoms with Gasteiger partial charge in [0.2, 0.25) is 0 Å². The SMILES string of the molecule is CCc1cnc2ccc(-c3cc(Cl)c(O)c(Cl)c3)cc2c1NC1CCC(C)CC1. The molecule has 152 valence electrons. The van der Waals surface area contributed by atoms with E-state index in [0.717, 1.165) is 34.4 Å². The number of anilines is 1. The average molecular weight is 429 g/mol. The van der Waals surface area contributed by atoms with Crippen molar-refractivity contribution in [2.75, 3.05) is 5.32 Å². The van der Waals surface area contributed by atoms with Crippen LogP contribution in [0.1, 0.15) is 45.1 Å². The number of rotatable bonds is 4. The summed E-state index contributed by atoms with van der Waals surface area (Å²) in [6.07, 6.45) is 7.88. The largest absolute Gasteiger partial charge is 0.505 e. The zero-order chi connectivity index (χ0) is 20.5. The van der Waals surface area contributed by atoms with Crippen LogP contribution < -0.4 is 5.32 Å². The van der Waals surface area contributed by atoms with E-state index in [2.05, 4.69) is 30.2 Å². The second-order valence-electron chi connectivity index (χ2n) is 8.13. The Morgan fingerprint density at radius 1 is 1.03 bits per heavy atom. The van der Waals surface area contributed by atoms with E-state index in [1.165, 1.54) is 36.9 Å². The highest BCUT2D eigenvalue weighted by atomic mass is 35.5. The lowest BCUT2D eigenvalue weighted by molar-refractivity contribution is 0.361.